The standard InChI is InChI=1S/C12H18O4.C9H15BrO2.C3H4O2.BH.U/c1-6-11(15)16-10(8(2)13)7-12(4,5)9(3)14;1-6(11)8(10)5-9(3,4)7(2)12;1-2-3(4)5;;/h6,10H,1,7H2,2-5H3;8H,5H2,1-4H3;2H,1H2,(H,4,5);1H;/i;;;1D;. The van der Waals surface area contributed by atoms with Gasteiger partial charge in [0.05, 0.1) is 4.83 Å². The van der Waals surface area contributed by atoms with E-state index in [1.807, 2.05) is 13.8 Å². The number of carbonyl (C=O) groups excluding carboxylic acids is 5. The van der Waals surface area contributed by atoms with Crippen molar-refractivity contribution in [1.82, 2.24) is 0 Å². The van der Waals surface area contributed by atoms with Crippen LogP contribution in [0.3, 0.4) is 0 Å². The van der Waals surface area contributed by atoms with E-state index in [2.05, 4.69) is 37.5 Å². The molecule has 0 aliphatic carbocycles. The molecule has 1 N–H and O–H groups in total. The summed E-state index contributed by atoms with van der Waals surface area (Å²) in [5.74, 6) is -1.76. The van der Waals surface area contributed by atoms with E-state index in [4.69, 9.17) is 11.2 Å². The summed E-state index contributed by atoms with van der Waals surface area (Å²) in [5, 5.41) is 7.60. The van der Waals surface area contributed by atoms with Crippen LogP contribution in [-0.4, -0.2) is 60.8 Å². The van der Waals surface area contributed by atoms with Crippen LogP contribution in [0.15, 0.2) is 25.3 Å². The predicted molar refractivity (Wildman–Crippen MR) is 137 cm³/mol. The van der Waals surface area contributed by atoms with Gasteiger partial charge in [-0.1, -0.05) is 56.8 Å². The van der Waals surface area contributed by atoms with E-state index < -0.39 is 28.9 Å². The first-order valence-electron chi connectivity index (χ1n) is 10.7. The van der Waals surface area contributed by atoms with Gasteiger partial charge in [-0.05, 0) is 35.5 Å². The Kier molecular flexibility index (Phi) is 24.3. The molecule has 0 aliphatic heterocycles. The Bertz CT molecular complexity index is 769. The zero-order valence-electron chi connectivity index (χ0n) is 22.9. The summed E-state index contributed by atoms with van der Waals surface area (Å²) in [6.07, 6.45) is 1.70. The maximum Gasteiger partial charge on any atom is 0.330 e. The molecule has 0 saturated carbocycles. The maximum atomic E-state index is 11.3. The van der Waals surface area contributed by atoms with Crippen molar-refractivity contribution in [1.29, 1.82) is 1.34 Å². The van der Waals surface area contributed by atoms with Gasteiger partial charge in [-0.3, -0.25) is 19.2 Å². The molecular formula is C24H38BBrO8U. The summed E-state index contributed by atoms with van der Waals surface area (Å²) >= 11 is 3.24. The van der Waals surface area contributed by atoms with E-state index in [9.17, 15) is 28.8 Å². The van der Waals surface area contributed by atoms with E-state index in [0.29, 0.717) is 6.42 Å². The second kappa shape index (κ2) is 20.8. The number of esters is 1. The van der Waals surface area contributed by atoms with Crippen molar-refractivity contribution < 1.29 is 69.7 Å². The molecule has 35 heavy (non-hydrogen) atoms. The molecule has 0 fully saturated rings. The number of hydrogen-bond acceptors (Lipinski definition) is 7. The average molecular weight is 784 g/mol. The number of hydrogen-bond donors (Lipinski definition) is 1. The van der Waals surface area contributed by atoms with Crippen molar-refractivity contribution in [2.24, 2.45) is 10.8 Å². The first-order chi connectivity index (χ1) is 15.7. The molecule has 2 unspecified atom stereocenters. The van der Waals surface area contributed by atoms with Crippen molar-refractivity contribution in [2.45, 2.75) is 79.2 Å². The van der Waals surface area contributed by atoms with Crippen LogP contribution in [-0.2, 0) is 33.5 Å². The minimum absolute atomic E-state index is 0. The molecule has 0 aromatic carbocycles. The van der Waals surface area contributed by atoms with Crippen LogP contribution in [0.2, 0.25) is 0 Å². The average Bonchev–Trinajstić information content (AvgIpc) is 2.74. The molecule has 196 valence electrons. The number of carboxylic acid groups (broad SMARTS) is 1. The molecule has 8 nitrogen and oxygen atoms in total. The summed E-state index contributed by atoms with van der Waals surface area (Å²) in [5.41, 5.74) is -1.09. The minimum Gasteiger partial charge on any atom is -0.478 e. The van der Waals surface area contributed by atoms with Crippen LogP contribution in [0, 0.1) is 41.9 Å². The molecule has 0 heterocycles. The first kappa shape index (κ1) is 40.8. The molecule has 0 aliphatic rings. The van der Waals surface area contributed by atoms with Gasteiger partial charge in [0.25, 0.3) is 0 Å². The number of ether oxygens (including phenoxy) is 1. The molecule has 0 amide bonds. The van der Waals surface area contributed by atoms with Crippen molar-refractivity contribution in [3.05, 3.63) is 25.3 Å². The van der Waals surface area contributed by atoms with Crippen molar-refractivity contribution in [2.75, 3.05) is 0 Å². The fraction of sp³-hybridized carbons (Fsp3) is 0.583. The molecule has 2 atom stereocenters. The third kappa shape index (κ3) is 22.9. The molecule has 0 saturated heterocycles. The van der Waals surface area contributed by atoms with Crippen molar-refractivity contribution in [3.8, 4) is 0 Å². The Morgan fingerprint density at radius 2 is 1.23 bits per heavy atom. The van der Waals surface area contributed by atoms with E-state index in [0.717, 1.165) is 12.2 Å². The van der Waals surface area contributed by atoms with Gasteiger partial charge in [-0.15, -0.1) is 0 Å². The van der Waals surface area contributed by atoms with Gasteiger partial charge >= 0.3 is 11.9 Å². The Morgan fingerprint density at radius 3 is 1.46 bits per heavy atom. The van der Waals surface area contributed by atoms with Crippen LogP contribution >= 0.6 is 15.9 Å². The van der Waals surface area contributed by atoms with Crippen LogP contribution in [0.1, 0.15) is 68.2 Å². The fourth-order valence-electron chi connectivity index (χ4n) is 1.80. The third-order valence-electron chi connectivity index (χ3n) is 4.79. The molecule has 11 heteroatoms. The number of Topliss-reactive ketones (excluding diaryl/α,β-unsaturated/α-hetero) is 4. The number of aliphatic carboxylic acids is 1. The molecular weight excluding hydrogens is 745 g/mol. The first-order valence-corrected chi connectivity index (χ1v) is 11.0. The second-order valence-electron chi connectivity index (χ2n) is 8.65. The van der Waals surface area contributed by atoms with Crippen LogP contribution in [0.25, 0.3) is 0 Å². The van der Waals surface area contributed by atoms with Crippen LogP contribution in [0.5, 0.6) is 0 Å². The van der Waals surface area contributed by atoms with E-state index in [-0.39, 0.29) is 65.5 Å². The zero-order chi connectivity index (χ0) is 29.2. The maximum absolute atomic E-state index is 11.3. The van der Waals surface area contributed by atoms with Gasteiger partial charge in [0.15, 0.2) is 11.9 Å². The van der Waals surface area contributed by atoms with Gasteiger partial charge in [0.1, 0.15) is 17.3 Å². The van der Waals surface area contributed by atoms with Crippen molar-refractivity contribution in [3.63, 3.8) is 0 Å². The largest absolute Gasteiger partial charge is 0.478 e. The quantitative estimate of drug-likeness (QED) is 0.146. The van der Waals surface area contributed by atoms with Gasteiger partial charge < -0.3 is 9.84 Å². The summed E-state index contributed by atoms with van der Waals surface area (Å²) in [7, 11) is 3.75. The Labute approximate surface area is 244 Å². The zero-order valence-corrected chi connectivity index (χ0v) is 27.6. The van der Waals surface area contributed by atoms with Gasteiger partial charge in [-0.25, -0.2) is 9.59 Å². The number of halogens is 1. The topological polar surface area (TPSA) is 132 Å². The SMILES string of the molecule is C=CC(=O)O.C=CC(=O)OC(CC(C)(C)C(C)=O)C(C)=O.CC(=O)C(Br)CC(C)(C)C(C)=O.[2H][B].[U]. The monoisotopic (exact) mass is 783 g/mol. The summed E-state index contributed by atoms with van der Waals surface area (Å²) in [4.78, 5) is 64.6. The summed E-state index contributed by atoms with van der Waals surface area (Å²) in [6.45, 7) is 19.2. The van der Waals surface area contributed by atoms with E-state index in [1.54, 1.807) is 20.8 Å². The summed E-state index contributed by atoms with van der Waals surface area (Å²) < 4.78 is 10.1. The van der Waals surface area contributed by atoms with Gasteiger partial charge in [0.2, 0.25) is 0 Å². The molecule has 0 spiro atoms. The summed E-state index contributed by atoms with van der Waals surface area (Å²) in [6, 6.07) is 0. The fourth-order valence-corrected chi connectivity index (χ4v) is 2.61. The van der Waals surface area contributed by atoms with E-state index >= 15 is 0 Å². The Morgan fingerprint density at radius 1 is 0.886 bits per heavy atom. The number of alkyl halides is 1. The molecule has 0 aromatic rings. The van der Waals surface area contributed by atoms with E-state index in [1.165, 1.54) is 20.8 Å². The molecule has 2 radical (unpaired) electrons. The molecule has 0 bridgehead atoms. The predicted octanol–water partition coefficient (Wildman–Crippen LogP) is 3.63. The number of rotatable bonds is 11. The Balaban J connectivity index is -0.000000141. The molecule has 0 aromatic heterocycles. The van der Waals surface area contributed by atoms with Crippen LogP contribution in [0.4, 0.5) is 0 Å². The molecule has 0 rings (SSSR count). The Hall–Kier alpha value is -1.30. The number of ketones is 4. The number of carboxylic acids is 1. The minimum atomic E-state index is -0.981. The second-order valence-corrected chi connectivity index (χ2v) is 9.75. The number of carbonyl (C=O) groups is 6. The van der Waals surface area contributed by atoms with Gasteiger partial charge in [0, 0.05) is 68.9 Å². The third-order valence-corrected chi connectivity index (χ3v) is 5.75. The van der Waals surface area contributed by atoms with Crippen LogP contribution < -0.4 is 0 Å². The smallest absolute Gasteiger partial charge is 0.330 e. The van der Waals surface area contributed by atoms with Gasteiger partial charge in [-0.2, -0.15) is 0 Å². The normalized spacial score (nSPS) is 11.7. The van der Waals surface area contributed by atoms with Crippen molar-refractivity contribution >= 4 is 59.4 Å².